The Hall–Kier alpha value is -4.10. The zero-order chi connectivity index (χ0) is 20.2. The lowest BCUT2D eigenvalue weighted by atomic mass is 9.98. The number of hydrogen-bond acceptors (Lipinski definition) is 4. The van der Waals surface area contributed by atoms with Crippen molar-refractivity contribution in [1.29, 1.82) is 5.26 Å². The normalized spacial score (nSPS) is 10.3. The number of ether oxygens (including phenoxy) is 1. The summed E-state index contributed by atoms with van der Waals surface area (Å²) >= 11 is 0. The summed E-state index contributed by atoms with van der Waals surface area (Å²) in [6.45, 7) is 2.03. The summed E-state index contributed by atoms with van der Waals surface area (Å²) in [6.07, 6.45) is 0. The van der Waals surface area contributed by atoms with Gasteiger partial charge in [-0.3, -0.25) is 0 Å². The fourth-order valence-corrected chi connectivity index (χ4v) is 3.11. The quantitative estimate of drug-likeness (QED) is 0.475. The van der Waals surface area contributed by atoms with Crippen LogP contribution in [0.1, 0.15) is 11.1 Å². The maximum Gasteiger partial charge on any atom is 0.142 e. The Labute approximate surface area is 169 Å². The molecule has 0 spiro atoms. The highest BCUT2D eigenvalue weighted by Crippen LogP contribution is 2.32. The molecule has 0 saturated heterocycles. The van der Waals surface area contributed by atoms with Gasteiger partial charge in [0.2, 0.25) is 0 Å². The maximum absolute atomic E-state index is 9.57. The van der Waals surface area contributed by atoms with Gasteiger partial charge in [-0.2, -0.15) is 5.26 Å². The Morgan fingerprint density at radius 2 is 1.45 bits per heavy atom. The highest BCUT2D eigenvalue weighted by molar-refractivity contribution is 5.80. The zero-order valence-corrected chi connectivity index (χ0v) is 16.0. The van der Waals surface area contributed by atoms with Crippen molar-refractivity contribution in [3.8, 4) is 40.0 Å². The third kappa shape index (κ3) is 3.95. The van der Waals surface area contributed by atoms with Crippen LogP contribution in [0.4, 0.5) is 5.82 Å². The number of benzene rings is 3. The molecule has 0 saturated carbocycles. The van der Waals surface area contributed by atoms with Crippen LogP contribution in [0.15, 0.2) is 84.9 Å². The molecule has 0 bridgehead atoms. The second-order valence-corrected chi connectivity index (χ2v) is 6.73. The molecule has 3 aromatic carbocycles. The van der Waals surface area contributed by atoms with Crippen molar-refractivity contribution in [2.45, 2.75) is 6.92 Å². The molecule has 0 atom stereocenters. The lowest BCUT2D eigenvalue weighted by Crippen LogP contribution is -1.99. The van der Waals surface area contributed by atoms with E-state index in [0.717, 1.165) is 33.8 Å². The van der Waals surface area contributed by atoms with E-state index in [1.165, 1.54) is 0 Å². The first-order valence-electron chi connectivity index (χ1n) is 9.25. The molecule has 0 radical (unpaired) electrons. The molecule has 0 aliphatic carbocycles. The lowest BCUT2D eigenvalue weighted by molar-refractivity contribution is 0.483. The van der Waals surface area contributed by atoms with Gasteiger partial charge in [-0.05, 0) is 55.0 Å². The molecule has 0 amide bonds. The number of nitrogens with zero attached hydrogens (tertiary/aromatic N) is 2. The predicted octanol–water partition coefficient (Wildman–Crippen LogP) is 5.97. The molecule has 0 fully saturated rings. The molecule has 4 heteroatoms. The van der Waals surface area contributed by atoms with Crippen LogP contribution in [0.3, 0.4) is 0 Å². The minimum Gasteiger partial charge on any atom is -0.457 e. The minimum atomic E-state index is 0.227. The van der Waals surface area contributed by atoms with Crippen molar-refractivity contribution in [1.82, 2.24) is 4.98 Å². The van der Waals surface area contributed by atoms with E-state index in [1.807, 2.05) is 91.9 Å². The van der Waals surface area contributed by atoms with Crippen molar-refractivity contribution in [3.63, 3.8) is 0 Å². The summed E-state index contributed by atoms with van der Waals surface area (Å²) in [5.74, 6) is 1.74. The van der Waals surface area contributed by atoms with Gasteiger partial charge in [-0.25, -0.2) is 4.98 Å². The van der Waals surface area contributed by atoms with Gasteiger partial charge in [0, 0.05) is 11.1 Å². The fraction of sp³-hybridized carbons (Fsp3) is 0.0400. The number of aromatic nitrogens is 1. The minimum absolute atomic E-state index is 0.227. The van der Waals surface area contributed by atoms with Crippen molar-refractivity contribution < 1.29 is 4.74 Å². The average molecular weight is 377 g/mol. The Morgan fingerprint density at radius 3 is 2.10 bits per heavy atom. The van der Waals surface area contributed by atoms with Crippen LogP contribution in [-0.4, -0.2) is 4.98 Å². The second kappa shape index (κ2) is 7.87. The third-order valence-corrected chi connectivity index (χ3v) is 4.65. The summed E-state index contributed by atoms with van der Waals surface area (Å²) in [4.78, 5) is 4.45. The van der Waals surface area contributed by atoms with E-state index in [0.29, 0.717) is 11.3 Å². The van der Waals surface area contributed by atoms with Gasteiger partial charge < -0.3 is 10.5 Å². The number of nitriles is 1. The van der Waals surface area contributed by atoms with Crippen LogP contribution in [0.5, 0.6) is 11.5 Å². The van der Waals surface area contributed by atoms with E-state index in [1.54, 1.807) is 0 Å². The summed E-state index contributed by atoms with van der Waals surface area (Å²) in [7, 11) is 0. The van der Waals surface area contributed by atoms with Crippen LogP contribution < -0.4 is 10.5 Å². The molecular formula is C25H19N3O. The number of pyridine rings is 1. The van der Waals surface area contributed by atoms with Gasteiger partial charge in [0.1, 0.15) is 28.9 Å². The Kier molecular flexibility index (Phi) is 4.96. The smallest absolute Gasteiger partial charge is 0.142 e. The average Bonchev–Trinajstić information content (AvgIpc) is 2.75. The van der Waals surface area contributed by atoms with Crippen molar-refractivity contribution in [2.24, 2.45) is 0 Å². The number of aryl methyl sites for hydroxylation is 1. The second-order valence-electron chi connectivity index (χ2n) is 6.73. The van der Waals surface area contributed by atoms with E-state index < -0.39 is 0 Å². The molecule has 0 aliphatic heterocycles. The lowest BCUT2D eigenvalue weighted by Gasteiger charge is -2.11. The number of anilines is 1. The molecule has 29 heavy (non-hydrogen) atoms. The molecule has 0 unspecified atom stereocenters. The number of nitrogen functional groups attached to an aromatic ring is 1. The van der Waals surface area contributed by atoms with Crippen molar-refractivity contribution in [2.75, 3.05) is 5.73 Å². The molecule has 4 nitrogen and oxygen atoms in total. The highest BCUT2D eigenvalue weighted by atomic mass is 16.5. The van der Waals surface area contributed by atoms with Gasteiger partial charge in [-0.1, -0.05) is 48.0 Å². The van der Waals surface area contributed by atoms with Crippen LogP contribution >= 0.6 is 0 Å². The number of hydrogen-bond donors (Lipinski definition) is 1. The van der Waals surface area contributed by atoms with Gasteiger partial charge in [0.25, 0.3) is 0 Å². The van der Waals surface area contributed by atoms with Crippen molar-refractivity contribution >= 4 is 5.82 Å². The van der Waals surface area contributed by atoms with Crippen LogP contribution in [0, 0.1) is 18.3 Å². The molecule has 1 heterocycles. The Bertz CT molecular complexity index is 1180. The summed E-state index contributed by atoms with van der Waals surface area (Å²) < 4.78 is 5.85. The highest BCUT2D eigenvalue weighted by Gasteiger charge is 2.13. The molecule has 4 rings (SSSR count). The standard InChI is InChI=1S/C25H19N3O/c1-17-7-9-18(10-8-17)22-15-24(28-25(27)23(22)16-26)19-11-13-21(14-12-19)29-20-5-3-2-4-6-20/h2-15H,1H3,(H2,27,28). The van der Waals surface area contributed by atoms with Crippen molar-refractivity contribution in [3.05, 3.63) is 96.1 Å². The van der Waals surface area contributed by atoms with Gasteiger partial charge in [0.05, 0.1) is 5.69 Å². The van der Waals surface area contributed by atoms with Crippen LogP contribution in [0.2, 0.25) is 0 Å². The molecule has 0 aliphatic rings. The van der Waals surface area contributed by atoms with E-state index in [-0.39, 0.29) is 5.82 Å². The van der Waals surface area contributed by atoms with E-state index in [4.69, 9.17) is 10.5 Å². The zero-order valence-electron chi connectivity index (χ0n) is 16.0. The molecular weight excluding hydrogens is 358 g/mol. The number of para-hydroxylation sites is 1. The van der Waals surface area contributed by atoms with E-state index in [9.17, 15) is 5.26 Å². The molecule has 4 aromatic rings. The van der Waals surface area contributed by atoms with Crippen LogP contribution in [0.25, 0.3) is 22.4 Å². The first-order chi connectivity index (χ1) is 14.1. The van der Waals surface area contributed by atoms with Gasteiger partial charge in [0.15, 0.2) is 0 Å². The first kappa shape index (κ1) is 18.3. The maximum atomic E-state index is 9.57. The van der Waals surface area contributed by atoms with E-state index in [2.05, 4.69) is 11.1 Å². The molecule has 2 N–H and O–H groups in total. The van der Waals surface area contributed by atoms with Crippen LogP contribution in [-0.2, 0) is 0 Å². The molecule has 1 aromatic heterocycles. The fourth-order valence-electron chi connectivity index (χ4n) is 3.11. The number of rotatable bonds is 4. The number of nitrogens with two attached hydrogens (primary N) is 1. The first-order valence-corrected chi connectivity index (χ1v) is 9.25. The predicted molar refractivity (Wildman–Crippen MR) is 115 cm³/mol. The topological polar surface area (TPSA) is 71.9 Å². The SMILES string of the molecule is Cc1ccc(-c2cc(-c3ccc(Oc4ccccc4)cc3)nc(N)c2C#N)cc1. The summed E-state index contributed by atoms with van der Waals surface area (Å²) in [5, 5.41) is 9.57. The van der Waals surface area contributed by atoms with Gasteiger partial charge >= 0.3 is 0 Å². The Morgan fingerprint density at radius 1 is 0.828 bits per heavy atom. The summed E-state index contributed by atoms with van der Waals surface area (Å²) in [5.41, 5.74) is 11.0. The summed E-state index contributed by atoms with van der Waals surface area (Å²) in [6, 6.07) is 29.4. The van der Waals surface area contributed by atoms with E-state index >= 15 is 0 Å². The van der Waals surface area contributed by atoms with Gasteiger partial charge in [-0.15, -0.1) is 0 Å². The largest absolute Gasteiger partial charge is 0.457 e. The Balaban J connectivity index is 1.70. The molecule has 140 valence electrons. The monoisotopic (exact) mass is 377 g/mol. The third-order valence-electron chi connectivity index (χ3n) is 4.65.